The Morgan fingerprint density at radius 2 is 2.39 bits per heavy atom. The standard InChI is InChI=1S/C12H18N4O.ClH/c1-16(8-10-3-2-4-14-10)9-12(17)11-7-13-5-6-15-11;/h5-7,10,14H,2-4,8-9H2,1H3;1H. The van der Waals surface area contributed by atoms with Gasteiger partial charge in [-0.1, -0.05) is 0 Å². The van der Waals surface area contributed by atoms with Crippen molar-refractivity contribution < 1.29 is 4.79 Å². The number of carbonyl (C=O) groups excluding carboxylic acids is 1. The molecule has 0 bridgehead atoms. The third kappa shape index (κ3) is 4.33. The van der Waals surface area contributed by atoms with Crippen LogP contribution in [0.4, 0.5) is 0 Å². The molecule has 1 unspecified atom stereocenters. The van der Waals surface area contributed by atoms with E-state index in [1.165, 1.54) is 19.0 Å². The summed E-state index contributed by atoms with van der Waals surface area (Å²) in [5.74, 6) is 0.0265. The SMILES string of the molecule is CN(CC(=O)c1cnccn1)CC1CCCN1.Cl. The molecule has 1 N–H and O–H groups in total. The van der Waals surface area contributed by atoms with Crippen molar-refractivity contribution in [3.8, 4) is 0 Å². The molecule has 5 nitrogen and oxygen atoms in total. The molecule has 2 rings (SSSR count). The van der Waals surface area contributed by atoms with E-state index in [1.54, 1.807) is 12.4 Å². The molecule has 2 heterocycles. The van der Waals surface area contributed by atoms with Gasteiger partial charge in [-0.15, -0.1) is 12.4 Å². The highest BCUT2D eigenvalue weighted by atomic mass is 35.5. The lowest BCUT2D eigenvalue weighted by Crippen LogP contribution is -2.37. The molecule has 0 radical (unpaired) electrons. The molecule has 1 saturated heterocycles. The molecular formula is C12H19ClN4O. The van der Waals surface area contributed by atoms with Gasteiger partial charge in [-0.25, -0.2) is 4.98 Å². The van der Waals surface area contributed by atoms with Crippen LogP contribution in [0.25, 0.3) is 0 Å². The fourth-order valence-corrected chi connectivity index (χ4v) is 2.12. The Kier molecular flexibility index (Phi) is 6.18. The number of halogens is 1. The first kappa shape index (κ1) is 15.0. The van der Waals surface area contributed by atoms with Crippen molar-refractivity contribution >= 4 is 18.2 Å². The van der Waals surface area contributed by atoms with Gasteiger partial charge in [0, 0.05) is 25.0 Å². The smallest absolute Gasteiger partial charge is 0.196 e. The highest BCUT2D eigenvalue weighted by molar-refractivity contribution is 5.95. The largest absolute Gasteiger partial charge is 0.313 e. The van der Waals surface area contributed by atoms with Gasteiger partial charge in [0.2, 0.25) is 0 Å². The first-order valence-corrected chi connectivity index (χ1v) is 5.97. The number of ketones is 1. The van der Waals surface area contributed by atoms with Gasteiger partial charge >= 0.3 is 0 Å². The summed E-state index contributed by atoms with van der Waals surface area (Å²) in [6.07, 6.45) is 7.07. The normalized spacial score (nSPS) is 18.7. The van der Waals surface area contributed by atoms with Crippen LogP contribution in [-0.4, -0.2) is 53.4 Å². The van der Waals surface area contributed by atoms with Crippen molar-refractivity contribution in [2.75, 3.05) is 26.7 Å². The summed E-state index contributed by atoms with van der Waals surface area (Å²) in [7, 11) is 1.97. The average molecular weight is 271 g/mol. The summed E-state index contributed by atoms with van der Waals surface area (Å²) in [5.41, 5.74) is 0.443. The van der Waals surface area contributed by atoms with Crippen molar-refractivity contribution in [2.45, 2.75) is 18.9 Å². The number of Topliss-reactive ketones (excluding diaryl/α,β-unsaturated/α-hetero) is 1. The van der Waals surface area contributed by atoms with Crippen molar-refractivity contribution in [1.82, 2.24) is 20.2 Å². The number of aromatic nitrogens is 2. The van der Waals surface area contributed by atoms with Gasteiger partial charge in [0.25, 0.3) is 0 Å². The van der Waals surface area contributed by atoms with E-state index in [4.69, 9.17) is 0 Å². The maximum absolute atomic E-state index is 11.9. The van der Waals surface area contributed by atoms with Crippen LogP contribution in [0.3, 0.4) is 0 Å². The Morgan fingerprint density at radius 3 is 3.00 bits per heavy atom. The van der Waals surface area contributed by atoms with Gasteiger partial charge in [0.1, 0.15) is 5.69 Å². The van der Waals surface area contributed by atoms with Gasteiger partial charge in [-0.3, -0.25) is 14.7 Å². The highest BCUT2D eigenvalue weighted by Gasteiger charge is 2.18. The fourth-order valence-electron chi connectivity index (χ4n) is 2.12. The van der Waals surface area contributed by atoms with Gasteiger partial charge in [0.05, 0.1) is 12.7 Å². The molecule has 1 aliphatic rings. The van der Waals surface area contributed by atoms with Crippen molar-refractivity contribution in [1.29, 1.82) is 0 Å². The molecule has 6 heteroatoms. The minimum absolute atomic E-state index is 0. The van der Waals surface area contributed by atoms with E-state index < -0.39 is 0 Å². The molecule has 1 aromatic rings. The lowest BCUT2D eigenvalue weighted by Gasteiger charge is -2.19. The maximum atomic E-state index is 11.9. The zero-order valence-electron chi connectivity index (χ0n) is 10.5. The molecule has 1 aromatic heterocycles. The van der Waals surface area contributed by atoms with E-state index in [0.29, 0.717) is 18.3 Å². The number of carbonyl (C=O) groups is 1. The number of hydrogen-bond donors (Lipinski definition) is 1. The lowest BCUT2D eigenvalue weighted by molar-refractivity contribution is 0.0937. The van der Waals surface area contributed by atoms with E-state index in [9.17, 15) is 4.79 Å². The number of likely N-dealkylation sites (N-methyl/N-ethyl adjacent to an activating group) is 1. The number of hydrogen-bond acceptors (Lipinski definition) is 5. The van der Waals surface area contributed by atoms with E-state index in [-0.39, 0.29) is 18.2 Å². The molecule has 100 valence electrons. The number of nitrogens with zero attached hydrogens (tertiary/aromatic N) is 3. The Labute approximate surface area is 113 Å². The predicted octanol–water partition coefficient (Wildman–Crippen LogP) is 0.765. The molecule has 0 amide bonds. The third-order valence-electron chi connectivity index (χ3n) is 2.96. The summed E-state index contributed by atoms with van der Waals surface area (Å²) in [5, 5.41) is 3.42. The van der Waals surface area contributed by atoms with Crippen LogP contribution in [-0.2, 0) is 0 Å². The third-order valence-corrected chi connectivity index (χ3v) is 2.96. The lowest BCUT2D eigenvalue weighted by atomic mass is 10.2. The Balaban J connectivity index is 0.00000162. The minimum atomic E-state index is 0. The quantitative estimate of drug-likeness (QED) is 0.801. The fraction of sp³-hybridized carbons (Fsp3) is 0.583. The van der Waals surface area contributed by atoms with Gasteiger partial charge < -0.3 is 5.32 Å². The maximum Gasteiger partial charge on any atom is 0.196 e. The average Bonchev–Trinajstić information content (AvgIpc) is 2.82. The molecule has 1 atom stereocenters. The summed E-state index contributed by atoms with van der Waals surface area (Å²) < 4.78 is 0. The first-order valence-electron chi connectivity index (χ1n) is 5.97. The van der Waals surface area contributed by atoms with Gasteiger partial charge in [-0.2, -0.15) is 0 Å². The topological polar surface area (TPSA) is 58.1 Å². The van der Waals surface area contributed by atoms with Gasteiger partial charge in [-0.05, 0) is 26.4 Å². The van der Waals surface area contributed by atoms with Crippen LogP contribution in [0.5, 0.6) is 0 Å². The summed E-state index contributed by atoms with van der Waals surface area (Å²) in [4.78, 5) is 21.8. The van der Waals surface area contributed by atoms with E-state index >= 15 is 0 Å². The first-order chi connectivity index (χ1) is 8.25. The Hall–Kier alpha value is -1.04. The van der Waals surface area contributed by atoms with Crippen LogP contribution in [0.2, 0.25) is 0 Å². The zero-order chi connectivity index (χ0) is 12.1. The van der Waals surface area contributed by atoms with Crippen molar-refractivity contribution in [2.24, 2.45) is 0 Å². The molecule has 0 spiro atoms. The van der Waals surface area contributed by atoms with E-state index in [0.717, 1.165) is 13.1 Å². The highest BCUT2D eigenvalue weighted by Crippen LogP contribution is 2.06. The Morgan fingerprint density at radius 1 is 1.56 bits per heavy atom. The summed E-state index contributed by atoms with van der Waals surface area (Å²) in [6, 6.07) is 0.523. The predicted molar refractivity (Wildman–Crippen MR) is 72.1 cm³/mol. The van der Waals surface area contributed by atoms with Crippen LogP contribution in [0, 0.1) is 0 Å². The van der Waals surface area contributed by atoms with Crippen LogP contribution < -0.4 is 5.32 Å². The molecule has 0 aliphatic carbocycles. The van der Waals surface area contributed by atoms with Crippen molar-refractivity contribution in [3.05, 3.63) is 24.3 Å². The van der Waals surface area contributed by atoms with Crippen LogP contribution in [0.1, 0.15) is 23.3 Å². The molecule has 1 aliphatic heterocycles. The zero-order valence-corrected chi connectivity index (χ0v) is 11.3. The summed E-state index contributed by atoms with van der Waals surface area (Å²) in [6.45, 7) is 2.40. The Bertz CT molecular complexity index is 368. The van der Waals surface area contributed by atoms with E-state index in [2.05, 4.69) is 15.3 Å². The molecule has 0 saturated carbocycles. The second-order valence-electron chi connectivity index (χ2n) is 4.50. The second-order valence-corrected chi connectivity index (χ2v) is 4.50. The monoisotopic (exact) mass is 270 g/mol. The minimum Gasteiger partial charge on any atom is -0.313 e. The molecule has 18 heavy (non-hydrogen) atoms. The molecule has 1 fully saturated rings. The van der Waals surface area contributed by atoms with Crippen molar-refractivity contribution in [3.63, 3.8) is 0 Å². The summed E-state index contributed by atoms with van der Waals surface area (Å²) >= 11 is 0. The van der Waals surface area contributed by atoms with Gasteiger partial charge in [0.15, 0.2) is 5.78 Å². The molecular weight excluding hydrogens is 252 g/mol. The van der Waals surface area contributed by atoms with Crippen LogP contribution >= 0.6 is 12.4 Å². The van der Waals surface area contributed by atoms with E-state index in [1.807, 2.05) is 11.9 Å². The molecule has 0 aromatic carbocycles. The number of rotatable bonds is 5. The second kappa shape index (κ2) is 7.41. The number of nitrogens with one attached hydrogen (secondary N) is 1. The van der Waals surface area contributed by atoms with Crippen LogP contribution in [0.15, 0.2) is 18.6 Å².